The molecule has 36 heavy (non-hydrogen) atoms. The van der Waals surface area contributed by atoms with Gasteiger partial charge in [-0.25, -0.2) is 4.98 Å². The normalized spacial score (nSPS) is 14.1. The van der Waals surface area contributed by atoms with Crippen molar-refractivity contribution in [3.05, 3.63) is 77.5 Å². The van der Waals surface area contributed by atoms with E-state index in [9.17, 15) is 0 Å². The predicted octanol–water partition coefficient (Wildman–Crippen LogP) is 5.01. The Morgan fingerprint density at radius 1 is 1.00 bits per heavy atom. The van der Waals surface area contributed by atoms with Crippen molar-refractivity contribution < 1.29 is 4.74 Å². The Hall–Kier alpha value is -3.71. The summed E-state index contributed by atoms with van der Waals surface area (Å²) in [6.45, 7) is 12.0. The van der Waals surface area contributed by atoms with Crippen LogP contribution < -0.4 is 9.80 Å². The van der Waals surface area contributed by atoms with E-state index in [4.69, 9.17) is 14.8 Å². The molecule has 2 aromatic heterocycles. The molecular formula is C29H34N6O. The first-order valence-corrected chi connectivity index (χ1v) is 12.8. The third-order valence-corrected chi connectivity index (χ3v) is 6.62. The van der Waals surface area contributed by atoms with Crippen molar-refractivity contribution in [3.8, 4) is 11.3 Å². The van der Waals surface area contributed by atoms with Gasteiger partial charge in [-0.3, -0.25) is 4.99 Å². The number of rotatable bonds is 8. The fraction of sp³-hybridized carbons (Fsp3) is 0.345. The summed E-state index contributed by atoms with van der Waals surface area (Å²) in [4.78, 5) is 14.3. The predicted molar refractivity (Wildman–Crippen MR) is 147 cm³/mol. The number of ether oxygens (including phenoxy) is 1. The maximum absolute atomic E-state index is 5.60. The number of fused-ring (bicyclic) bond motifs is 1. The molecule has 0 spiro atoms. The van der Waals surface area contributed by atoms with Crippen LogP contribution in [0.4, 0.5) is 11.5 Å². The van der Waals surface area contributed by atoms with E-state index < -0.39 is 0 Å². The van der Waals surface area contributed by atoms with Crippen LogP contribution in [0.5, 0.6) is 0 Å². The molecule has 7 nitrogen and oxygen atoms in total. The molecule has 1 saturated heterocycles. The van der Waals surface area contributed by atoms with E-state index in [1.54, 1.807) is 0 Å². The summed E-state index contributed by atoms with van der Waals surface area (Å²) in [6, 6.07) is 21.2. The highest BCUT2D eigenvalue weighted by Crippen LogP contribution is 2.26. The first-order valence-electron chi connectivity index (χ1n) is 12.8. The second-order valence-electron chi connectivity index (χ2n) is 9.11. The van der Waals surface area contributed by atoms with E-state index in [1.807, 2.05) is 10.7 Å². The van der Waals surface area contributed by atoms with Gasteiger partial charge >= 0.3 is 0 Å². The fourth-order valence-electron chi connectivity index (χ4n) is 4.68. The SMILES string of the molecule is CCN(CC)c1ccc(-c2cc3nc(CN=Cc4cccc(C)c4)cc(N4CCOCC4)n3n2)cc1. The third-order valence-electron chi connectivity index (χ3n) is 6.62. The van der Waals surface area contributed by atoms with Crippen molar-refractivity contribution in [2.24, 2.45) is 4.99 Å². The van der Waals surface area contributed by atoms with Crippen LogP contribution in [0.3, 0.4) is 0 Å². The Labute approximate surface area is 213 Å². The Bertz CT molecular complexity index is 1330. The number of nitrogens with zero attached hydrogens (tertiary/aromatic N) is 6. The summed E-state index contributed by atoms with van der Waals surface area (Å²) in [6.07, 6.45) is 1.92. The van der Waals surface area contributed by atoms with Crippen molar-refractivity contribution in [1.82, 2.24) is 14.6 Å². The Morgan fingerprint density at radius 2 is 1.78 bits per heavy atom. The molecule has 0 radical (unpaired) electrons. The van der Waals surface area contributed by atoms with Gasteiger partial charge in [0.2, 0.25) is 0 Å². The lowest BCUT2D eigenvalue weighted by molar-refractivity contribution is 0.122. The minimum atomic E-state index is 0.515. The van der Waals surface area contributed by atoms with E-state index in [-0.39, 0.29) is 0 Å². The standard InChI is InChI=1S/C29H34N6O/c1-4-33(5-2)26-11-9-24(10-12-26)27-19-28-31-25(21-30-20-23-8-6-7-22(3)17-23)18-29(35(28)32-27)34-13-15-36-16-14-34/h6-12,17-20H,4-5,13-16,21H2,1-3H3. The second-order valence-corrected chi connectivity index (χ2v) is 9.11. The van der Waals surface area contributed by atoms with Crippen LogP contribution in [0.25, 0.3) is 16.9 Å². The van der Waals surface area contributed by atoms with Crippen molar-refractivity contribution in [2.75, 3.05) is 49.2 Å². The van der Waals surface area contributed by atoms with Crippen molar-refractivity contribution >= 4 is 23.4 Å². The van der Waals surface area contributed by atoms with Crippen molar-refractivity contribution in [3.63, 3.8) is 0 Å². The smallest absolute Gasteiger partial charge is 0.158 e. The molecule has 4 aromatic rings. The van der Waals surface area contributed by atoms with Gasteiger partial charge < -0.3 is 14.5 Å². The van der Waals surface area contributed by atoms with Crippen LogP contribution in [0.2, 0.25) is 0 Å². The summed E-state index contributed by atoms with van der Waals surface area (Å²) in [5.41, 5.74) is 7.33. The van der Waals surface area contributed by atoms with Gasteiger partial charge in [-0.2, -0.15) is 9.61 Å². The Kier molecular flexibility index (Phi) is 7.28. The number of hydrogen-bond donors (Lipinski definition) is 0. The number of aryl methyl sites for hydroxylation is 1. The summed E-state index contributed by atoms with van der Waals surface area (Å²) < 4.78 is 7.56. The van der Waals surface area contributed by atoms with E-state index >= 15 is 0 Å². The maximum Gasteiger partial charge on any atom is 0.158 e. The summed E-state index contributed by atoms with van der Waals surface area (Å²) >= 11 is 0. The maximum atomic E-state index is 5.60. The molecule has 1 fully saturated rings. The van der Waals surface area contributed by atoms with Crippen molar-refractivity contribution in [1.29, 1.82) is 0 Å². The zero-order valence-corrected chi connectivity index (χ0v) is 21.4. The van der Waals surface area contributed by atoms with Crippen LogP contribution in [0, 0.1) is 6.92 Å². The lowest BCUT2D eigenvalue weighted by atomic mass is 10.1. The number of anilines is 2. The van der Waals surface area contributed by atoms with Crippen LogP contribution in [-0.2, 0) is 11.3 Å². The van der Waals surface area contributed by atoms with Gasteiger partial charge in [0.15, 0.2) is 5.65 Å². The lowest BCUT2D eigenvalue weighted by Crippen LogP contribution is -2.37. The number of hydrogen-bond acceptors (Lipinski definition) is 6. The highest BCUT2D eigenvalue weighted by molar-refractivity contribution is 5.79. The molecule has 0 aliphatic carbocycles. The van der Waals surface area contributed by atoms with E-state index in [2.05, 4.69) is 96.2 Å². The quantitative estimate of drug-likeness (QED) is 0.331. The number of benzene rings is 2. The monoisotopic (exact) mass is 482 g/mol. The zero-order valence-electron chi connectivity index (χ0n) is 21.4. The second kappa shape index (κ2) is 10.9. The van der Waals surface area contributed by atoms with Gasteiger partial charge in [0, 0.05) is 55.8 Å². The topological polar surface area (TPSA) is 58.3 Å². The fourth-order valence-corrected chi connectivity index (χ4v) is 4.68. The highest BCUT2D eigenvalue weighted by Gasteiger charge is 2.18. The van der Waals surface area contributed by atoms with Crippen LogP contribution >= 0.6 is 0 Å². The molecule has 0 unspecified atom stereocenters. The molecule has 3 heterocycles. The van der Waals surface area contributed by atoms with Crippen LogP contribution in [0.1, 0.15) is 30.7 Å². The molecule has 0 N–H and O–H groups in total. The zero-order chi connectivity index (χ0) is 24.9. The summed E-state index contributed by atoms with van der Waals surface area (Å²) in [5.74, 6) is 1.04. The van der Waals surface area contributed by atoms with Gasteiger partial charge in [0.05, 0.1) is 31.1 Å². The third kappa shape index (κ3) is 5.26. The minimum absolute atomic E-state index is 0.515. The minimum Gasteiger partial charge on any atom is -0.378 e. The van der Waals surface area contributed by atoms with Crippen LogP contribution in [0.15, 0.2) is 65.7 Å². The molecule has 186 valence electrons. The first-order chi connectivity index (χ1) is 17.6. The van der Waals surface area contributed by atoms with Gasteiger partial charge in [-0.05, 0) is 38.5 Å². The van der Waals surface area contributed by atoms with Gasteiger partial charge in [-0.1, -0.05) is 42.0 Å². The van der Waals surface area contributed by atoms with Gasteiger partial charge in [-0.15, -0.1) is 0 Å². The molecule has 1 aliphatic rings. The molecule has 0 amide bonds. The largest absolute Gasteiger partial charge is 0.378 e. The van der Waals surface area contributed by atoms with E-state index in [1.165, 1.54) is 11.3 Å². The van der Waals surface area contributed by atoms with Gasteiger partial charge in [0.1, 0.15) is 5.82 Å². The average molecular weight is 483 g/mol. The number of morpholine rings is 1. The molecule has 0 atom stereocenters. The molecule has 0 saturated carbocycles. The van der Waals surface area contributed by atoms with Crippen molar-refractivity contribution in [2.45, 2.75) is 27.3 Å². The lowest BCUT2D eigenvalue weighted by Gasteiger charge is -2.29. The molecule has 0 bridgehead atoms. The van der Waals surface area contributed by atoms with Gasteiger partial charge in [0.25, 0.3) is 0 Å². The Morgan fingerprint density at radius 3 is 2.50 bits per heavy atom. The molecule has 1 aliphatic heterocycles. The summed E-state index contributed by atoms with van der Waals surface area (Å²) in [5, 5.41) is 4.97. The van der Waals surface area contributed by atoms with E-state index in [0.717, 1.165) is 60.2 Å². The number of aromatic nitrogens is 3. The first kappa shape index (κ1) is 24.0. The molecular weight excluding hydrogens is 448 g/mol. The molecule has 2 aromatic carbocycles. The number of aliphatic imine (C=N–C) groups is 1. The summed E-state index contributed by atoms with van der Waals surface area (Å²) in [7, 11) is 0. The molecule has 7 heteroatoms. The Balaban J connectivity index is 1.47. The van der Waals surface area contributed by atoms with E-state index in [0.29, 0.717) is 19.8 Å². The highest BCUT2D eigenvalue weighted by atomic mass is 16.5. The van der Waals surface area contributed by atoms with Crippen LogP contribution in [-0.4, -0.2) is 60.2 Å². The molecule has 5 rings (SSSR count). The average Bonchev–Trinajstić information content (AvgIpc) is 3.34.